The summed E-state index contributed by atoms with van der Waals surface area (Å²) >= 11 is 6.04. The molecule has 0 saturated carbocycles. The van der Waals surface area contributed by atoms with Gasteiger partial charge in [-0.15, -0.1) is 0 Å². The summed E-state index contributed by atoms with van der Waals surface area (Å²) in [5.74, 6) is -2.01. The van der Waals surface area contributed by atoms with Crippen molar-refractivity contribution in [3.63, 3.8) is 0 Å². The van der Waals surface area contributed by atoms with Gasteiger partial charge in [0.2, 0.25) is 0 Å². The Morgan fingerprint density at radius 3 is 2.24 bits per heavy atom. The van der Waals surface area contributed by atoms with Gasteiger partial charge in [0.15, 0.2) is 0 Å². The Morgan fingerprint density at radius 2 is 1.71 bits per heavy atom. The highest BCUT2D eigenvalue weighted by Gasteiger charge is 2.23. The minimum absolute atomic E-state index is 0.0511. The fraction of sp³-hybridized carbons (Fsp3) is 0.250. The summed E-state index contributed by atoms with van der Waals surface area (Å²) in [6.45, 7) is 1.90. The van der Waals surface area contributed by atoms with E-state index in [2.05, 4.69) is 0 Å². The number of aryl methyl sites for hydroxylation is 1. The number of aliphatic hydroxyl groups excluding tert-OH is 1. The summed E-state index contributed by atoms with van der Waals surface area (Å²) in [6.07, 6.45) is -0.991. The molecular weight excluding hydrogens is 296 g/mol. The Hall–Kier alpha value is -1.49. The van der Waals surface area contributed by atoms with Crippen molar-refractivity contribution >= 4 is 11.6 Å². The zero-order chi connectivity index (χ0) is 15.6. The highest BCUT2D eigenvalue weighted by Crippen LogP contribution is 2.32. The van der Waals surface area contributed by atoms with E-state index in [4.69, 9.17) is 17.3 Å². The van der Waals surface area contributed by atoms with Crippen LogP contribution in [0.5, 0.6) is 0 Å². The molecule has 0 aliphatic rings. The number of aliphatic hydroxyl groups is 1. The fourth-order valence-corrected chi connectivity index (χ4v) is 2.45. The third kappa shape index (κ3) is 3.59. The molecule has 0 saturated heterocycles. The predicted molar refractivity (Wildman–Crippen MR) is 79.3 cm³/mol. The van der Waals surface area contributed by atoms with E-state index in [0.29, 0.717) is 16.1 Å². The van der Waals surface area contributed by atoms with Gasteiger partial charge in [0.25, 0.3) is 0 Å². The van der Waals surface area contributed by atoms with Crippen molar-refractivity contribution in [1.82, 2.24) is 0 Å². The molecule has 21 heavy (non-hydrogen) atoms. The smallest absolute Gasteiger partial charge is 0.126 e. The van der Waals surface area contributed by atoms with Gasteiger partial charge in [-0.2, -0.15) is 0 Å². The van der Waals surface area contributed by atoms with Gasteiger partial charge >= 0.3 is 0 Å². The molecular formula is C16H16ClF2NO. The van der Waals surface area contributed by atoms with Crippen LogP contribution in [0.15, 0.2) is 36.4 Å². The standard InChI is InChI=1S/C16H16ClF2NO/c1-9-2-3-10(6-15(9)17)16(21)14(8-20)11-4-12(18)7-13(19)5-11/h2-7,14,16,21H,8,20H2,1H3. The molecule has 0 aliphatic heterocycles. The lowest BCUT2D eigenvalue weighted by atomic mass is 9.89. The lowest BCUT2D eigenvalue weighted by Gasteiger charge is -2.23. The minimum Gasteiger partial charge on any atom is -0.388 e. The maximum absolute atomic E-state index is 13.3. The molecule has 0 amide bonds. The second-order valence-corrected chi connectivity index (χ2v) is 5.41. The van der Waals surface area contributed by atoms with Crippen LogP contribution in [0.25, 0.3) is 0 Å². The number of hydrogen-bond acceptors (Lipinski definition) is 2. The number of rotatable bonds is 4. The van der Waals surface area contributed by atoms with Crippen LogP contribution < -0.4 is 5.73 Å². The molecule has 2 atom stereocenters. The third-order valence-electron chi connectivity index (χ3n) is 3.49. The van der Waals surface area contributed by atoms with Crippen molar-refractivity contribution in [2.45, 2.75) is 18.9 Å². The molecule has 0 spiro atoms. The molecule has 0 aliphatic carbocycles. The van der Waals surface area contributed by atoms with Crippen LogP contribution in [-0.4, -0.2) is 11.7 Å². The second kappa shape index (κ2) is 6.52. The molecule has 0 fully saturated rings. The molecule has 2 nitrogen and oxygen atoms in total. The lowest BCUT2D eigenvalue weighted by Crippen LogP contribution is -2.20. The SMILES string of the molecule is Cc1ccc(C(O)C(CN)c2cc(F)cc(F)c2)cc1Cl. The molecule has 0 aromatic heterocycles. The summed E-state index contributed by atoms with van der Waals surface area (Å²) in [6, 6.07) is 8.29. The largest absolute Gasteiger partial charge is 0.388 e. The third-order valence-corrected chi connectivity index (χ3v) is 3.89. The van der Waals surface area contributed by atoms with E-state index in [1.165, 1.54) is 12.1 Å². The van der Waals surface area contributed by atoms with E-state index in [1.54, 1.807) is 18.2 Å². The molecule has 2 unspecified atom stereocenters. The van der Waals surface area contributed by atoms with Gasteiger partial charge in [-0.25, -0.2) is 8.78 Å². The molecule has 2 rings (SSSR count). The number of benzene rings is 2. The quantitative estimate of drug-likeness (QED) is 0.904. The van der Waals surface area contributed by atoms with Crippen molar-refractivity contribution in [3.8, 4) is 0 Å². The van der Waals surface area contributed by atoms with Crippen LogP contribution in [0.3, 0.4) is 0 Å². The van der Waals surface area contributed by atoms with Crippen LogP contribution in [0.1, 0.15) is 28.7 Å². The summed E-state index contributed by atoms with van der Waals surface area (Å²) < 4.78 is 26.6. The van der Waals surface area contributed by atoms with Gasteiger partial charge in [-0.05, 0) is 41.8 Å². The Morgan fingerprint density at radius 1 is 1.10 bits per heavy atom. The zero-order valence-corrected chi connectivity index (χ0v) is 12.2. The molecule has 0 bridgehead atoms. The Labute approximate surface area is 127 Å². The molecule has 0 heterocycles. The Balaban J connectivity index is 2.37. The summed E-state index contributed by atoms with van der Waals surface area (Å²) in [5.41, 5.74) is 7.44. The molecule has 2 aromatic carbocycles. The number of nitrogens with two attached hydrogens (primary N) is 1. The first-order chi connectivity index (χ1) is 9.92. The molecule has 5 heteroatoms. The predicted octanol–water partition coefficient (Wildman–Crippen LogP) is 3.70. The van der Waals surface area contributed by atoms with Gasteiger partial charge in [0.1, 0.15) is 11.6 Å². The minimum atomic E-state index is -0.991. The molecule has 112 valence electrons. The van der Waals surface area contributed by atoms with Crippen molar-refractivity contribution in [1.29, 1.82) is 0 Å². The van der Waals surface area contributed by atoms with Crippen LogP contribution in [0, 0.1) is 18.6 Å². The Kier molecular flexibility index (Phi) is 4.93. The van der Waals surface area contributed by atoms with E-state index >= 15 is 0 Å². The first-order valence-corrected chi connectivity index (χ1v) is 6.90. The van der Waals surface area contributed by atoms with Crippen LogP contribution in [0.4, 0.5) is 8.78 Å². The summed E-state index contributed by atoms with van der Waals surface area (Å²) in [7, 11) is 0. The van der Waals surface area contributed by atoms with E-state index < -0.39 is 23.7 Å². The molecule has 2 aromatic rings. The van der Waals surface area contributed by atoms with E-state index in [1.807, 2.05) is 6.92 Å². The average molecular weight is 312 g/mol. The van der Waals surface area contributed by atoms with E-state index in [-0.39, 0.29) is 6.54 Å². The first kappa shape index (κ1) is 15.9. The summed E-state index contributed by atoms with van der Waals surface area (Å²) in [4.78, 5) is 0. The van der Waals surface area contributed by atoms with Gasteiger partial charge in [0.05, 0.1) is 6.10 Å². The van der Waals surface area contributed by atoms with Gasteiger partial charge in [-0.3, -0.25) is 0 Å². The van der Waals surface area contributed by atoms with Gasteiger partial charge < -0.3 is 10.8 Å². The van der Waals surface area contributed by atoms with Crippen LogP contribution in [-0.2, 0) is 0 Å². The normalized spacial score (nSPS) is 14.0. The highest BCUT2D eigenvalue weighted by atomic mass is 35.5. The molecule has 0 radical (unpaired) electrons. The van der Waals surface area contributed by atoms with E-state index in [9.17, 15) is 13.9 Å². The highest BCUT2D eigenvalue weighted by molar-refractivity contribution is 6.31. The van der Waals surface area contributed by atoms with Crippen molar-refractivity contribution in [3.05, 3.63) is 69.7 Å². The summed E-state index contributed by atoms with van der Waals surface area (Å²) in [5, 5.41) is 11.0. The second-order valence-electron chi connectivity index (χ2n) is 5.00. The van der Waals surface area contributed by atoms with Crippen molar-refractivity contribution in [2.75, 3.05) is 6.54 Å². The molecule has 3 N–H and O–H groups in total. The van der Waals surface area contributed by atoms with Gasteiger partial charge in [-0.1, -0.05) is 23.7 Å². The lowest BCUT2D eigenvalue weighted by molar-refractivity contribution is 0.147. The Bertz CT molecular complexity index is 628. The maximum atomic E-state index is 13.3. The zero-order valence-electron chi connectivity index (χ0n) is 11.5. The van der Waals surface area contributed by atoms with Crippen LogP contribution >= 0.6 is 11.6 Å². The van der Waals surface area contributed by atoms with Crippen molar-refractivity contribution < 1.29 is 13.9 Å². The van der Waals surface area contributed by atoms with Crippen LogP contribution in [0.2, 0.25) is 5.02 Å². The van der Waals surface area contributed by atoms with E-state index in [0.717, 1.165) is 11.6 Å². The van der Waals surface area contributed by atoms with Crippen molar-refractivity contribution in [2.24, 2.45) is 5.73 Å². The van der Waals surface area contributed by atoms with Gasteiger partial charge in [0, 0.05) is 23.6 Å². The number of halogens is 3. The average Bonchev–Trinajstić information content (AvgIpc) is 2.41. The monoisotopic (exact) mass is 311 g/mol. The first-order valence-electron chi connectivity index (χ1n) is 6.52. The fourth-order valence-electron chi connectivity index (χ4n) is 2.26. The maximum Gasteiger partial charge on any atom is 0.126 e. The number of hydrogen-bond donors (Lipinski definition) is 2. The topological polar surface area (TPSA) is 46.2 Å².